The van der Waals surface area contributed by atoms with Crippen LogP contribution in [0.3, 0.4) is 0 Å². The Bertz CT molecular complexity index is 442. The first-order valence-electron chi connectivity index (χ1n) is 6.11. The zero-order valence-electron chi connectivity index (χ0n) is 10.5. The van der Waals surface area contributed by atoms with Gasteiger partial charge in [-0.15, -0.1) is 0 Å². The molecule has 0 saturated carbocycles. The van der Waals surface area contributed by atoms with Gasteiger partial charge in [0.05, 0.1) is 12.2 Å². The third-order valence-electron chi connectivity index (χ3n) is 3.36. The van der Waals surface area contributed by atoms with Crippen molar-refractivity contribution in [1.29, 1.82) is 0 Å². The SMILES string of the molecule is CC(Nc1cc(N)ccc1C(N)=O)C1CCOC1. The van der Waals surface area contributed by atoms with Crippen LogP contribution in [0.1, 0.15) is 23.7 Å². The summed E-state index contributed by atoms with van der Waals surface area (Å²) in [6.07, 6.45) is 1.03. The number of ether oxygens (including phenoxy) is 1. The van der Waals surface area contributed by atoms with Gasteiger partial charge >= 0.3 is 0 Å². The lowest BCUT2D eigenvalue weighted by Gasteiger charge is -2.22. The molecule has 1 heterocycles. The van der Waals surface area contributed by atoms with Gasteiger partial charge in [0.15, 0.2) is 0 Å². The molecule has 0 aromatic heterocycles. The molecule has 98 valence electrons. The average molecular weight is 249 g/mol. The Hall–Kier alpha value is -1.75. The van der Waals surface area contributed by atoms with Crippen LogP contribution in [0.2, 0.25) is 0 Å². The fourth-order valence-electron chi connectivity index (χ4n) is 2.21. The van der Waals surface area contributed by atoms with Crippen LogP contribution in [0.5, 0.6) is 0 Å². The number of nitrogens with one attached hydrogen (secondary N) is 1. The maximum atomic E-state index is 11.4. The Morgan fingerprint density at radius 1 is 1.56 bits per heavy atom. The van der Waals surface area contributed by atoms with Gasteiger partial charge in [-0.3, -0.25) is 4.79 Å². The summed E-state index contributed by atoms with van der Waals surface area (Å²) in [5.41, 5.74) is 12.9. The number of nitrogens with two attached hydrogens (primary N) is 2. The highest BCUT2D eigenvalue weighted by Crippen LogP contribution is 2.24. The van der Waals surface area contributed by atoms with Gasteiger partial charge in [-0.2, -0.15) is 0 Å². The minimum Gasteiger partial charge on any atom is -0.399 e. The third-order valence-corrected chi connectivity index (χ3v) is 3.36. The molecule has 5 nitrogen and oxygen atoms in total. The molecule has 0 spiro atoms. The zero-order chi connectivity index (χ0) is 13.1. The molecule has 1 aliphatic heterocycles. The monoisotopic (exact) mass is 249 g/mol. The van der Waals surface area contributed by atoms with Crippen LogP contribution in [0, 0.1) is 5.92 Å². The van der Waals surface area contributed by atoms with Crippen LogP contribution in [0.15, 0.2) is 18.2 Å². The fraction of sp³-hybridized carbons (Fsp3) is 0.462. The van der Waals surface area contributed by atoms with Gasteiger partial charge in [0.1, 0.15) is 0 Å². The van der Waals surface area contributed by atoms with Crippen LogP contribution in [0.4, 0.5) is 11.4 Å². The molecule has 1 aromatic carbocycles. The van der Waals surface area contributed by atoms with E-state index in [2.05, 4.69) is 12.2 Å². The normalized spacial score (nSPS) is 20.6. The zero-order valence-corrected chi connectivity index (χ0v) is 10.5. The van der Waals surface area contributed by atoms with E-state index in [1.165, 1.54) is 0 Å². The molecule has 5 N–H and O–H groups in total. The number of hydrogen-bond acceptors (Lipinski definition) is 4. The highest BCUT2D eigenvalue weighted by atomic mass is 16.5. The number of anilines is 2. The molecule has 0 radical (unpaired) electrons. The molecule has 0 bridgehead atoms. The number of carbonyl (C=O) groups is 1. The van der Waals surface area contributed by atoms with Crippen LogP contribution in [-0.2, 0) is 4.74 Å². The summed E-state index contributed by atoms with van der Waals surface area (Å²) >= 11 is 0. The van der Waals surface area contributed by atoms with E-state index in [1.807, 2.05) is 0 Å². The molecular formula is C13H19N3O2. The molecular weight excluding hydrogens is 230 g/mol. The van der Waals surface area contributed by atoms with Crippen molar-refractivity contribution in [2.24, 2.45) is 11.7 Å². The van der Waals surface area contributed by atoms with Crippen molar-refractivity contribution in [3.63, 3.8) is 0 Å². The summed E-state index contributed by atoms with van der Waals surface area (Å²) in [5.74, 6) is -0.000436. The van der Waals surface area contributed by atoms with Gasteiger partial charge in [0.25, 0.3) is 5.91 Å². The Balaban J connectivity index is 2.16. The molecule has 1 fully saturated rings. The first-order chi connectivity index (χ1) is 8.58. The molecule has 2 atom stereocenters. The lowest BCUT2D eigenvalue weighted by atomic mass is 10.00. The molecule has 1 aliphatic rings. The largest absolute Gasteiger partial charge is 0.399 e. The standard InChI is InChI=1S/C13H19N3O2/c1-8(9-4-5-18-7-9)16-12-6-10(14)2-3-11(12)13(15)17/h2-3,6,8-9,16H,4-5,7,14H2,1H3,(H2,15,17). The van der Waals surface area contributed by atoms with E-state index in [9.17, 15) is 4.79 Å². The number of benzene rings is 1. The smallest absolute Gasteiger partial charge is 0.250 e. The third kappa shape index (κ3) is 2.73. The molecule has 1 amide bonds. The Morgan fingerprint density at radius 2 is 2.33 bits per heavy atom. The Morgan fingerprint density at radius 3 is 2.94 bits per heavy atom. The van der Waals surface area contributed by atoms with Crippen molar-refractivity contribution >= 4 is 17.3 Å². The van der Waals surface area contributed by atoms with E-state index in [4.69, 9.17) is 16.2 Å². The molecule has 1 saturated heterocycles. The van der Waals surface area contributed by atoms with E-state index in [0.717, 1.165) is 19.6 Å². The molecule has 1 aromatic rings. The first-order valence-corrected chi connectivity index (χ1v) is 6.11. The van der Waals surface area contributed by atoms with Crippen LogP contribution in [0.25, 0.3) is 0 Å². The van der Waals surface area contributed by atoms with Crippen molar-refractivity contribution in [3.05, 3.63) is 23.8 Å². The summed E-state index contributed by atoms with van der Waals surface area (Å²) < 4.78 is 5.36. The Kier molecular flexibility index (Phi) is 3.72. The second kappa shape index (κ2) is 5.27. The number of amides is 1. The van der Waals surface area contributed by atoms with Gasteiger partial charge in [0.2, 0.25) is 0 Å². The molecule has 2 rings (SSSR count). The number of hydrogen-bond donors (Lipinski definition) is 3. The van der Waals surface area contributed by atoms with Crippen LogP contribution in [-0.4, -0.2) is 25.2 Å². The minimum atomic E-state index is -0.452. The van der Waals surface area contributed by atoms with Crippen LogP contribution < -0.4 is 16.8 Å². The number of nitrogen functional groups attached to an aromatic ring is 1. The maximum Gasteiger partial charge on any atom is 0.250 e. The quantitative estimate of drug-likeness (QED) is 0.699. The topological polar surface area (TPSA) is 90.4 Å². The number of rotatable bonds is 4. The van der Waals surface area contributed by atoms with Crippen molar-refractivity contribution in [2.75, 3.05) is 24.3 Å². The summed E-state index contributed by atoms with van der Waals surface area (Å²) in [7, 11) is 0. The first kappa shape index (κ1) is 12.7. The van der Waals surface area contributed by atoms with Crippen molar-refractivity contribution < 1.29 is 9.53 Å². The maximum absolute atomic E-state index is 11.4. The van der Waals surface area contributed by atoms with Crippen molar-refractivity contribution in [1.82, 2.24) is 0 Å². The number of primary amides is 1. The average Bonchev–Trinajstić information content (AvgIpc) is 2.81. The predicted molar refractivity (Wildman–Crippen MR) is 71.4 cm³/mol. The van der Waals surface area contributed by atoms with Gasteiger partial charge in [0, 0.05) is 29.9 Å². The second-order valence-electron chi connectivity index (χ2n) is 4.73. The predicted octanol–water partition coefficient (Wildman–Crippen LogP) is 1.20. The van der Waals surface area contributed by atoms with E-state index in [-0.39, 0.29) is 6.04 Å². The summed E-state index contributed by atoms with van der Waals surface area (Å²) in [5, 5.41) is 3.31. The fourth-order valence-corrected chi connectivity index (χ4v) is 2.21. The summed E-state index contributed by atoms with van der Waals surface area (Å²) in [6.45, 7) is 3.63. The molecule has 0 aliphatic carbocycles. The lowest BCUT2D eigenvalue weighted by Crippen LogP contribution is -2.27. The van der Waals surface area contributed by atoms with E-state index < -0.39 is 5.91 Å². The summed E-state index contributed by atoms with van der Waals surface area (Å²) in [6, 6.07) is 5.28. The van der Waals surface area contributed by atoms with Gasteiger partial charge < -0.3 is 21.5 Å². The van der Waals surface area contributed by atoms with E-state index >= 15 is 0 Å². The van der Waals surface area contributed by atoms with Crippen molar-refractivity contribution in [2.45, 2.75) is 19.4 Å². The molecule has 2 unspecified atom stereocenters. The molecule has 18 heavy (non-hydrogen) atoms. The highest BCUT2D eigenvalue weighted by molar-refractivity contribution is 5.99. The van der Waals surface area contributed by atoms with Crippen LogP contribution >= 0.6 is 0 Å². The van der Waals surface area contributed by atoms with Gasteiger partial charge in [-0.05, 0) is 31.5 Å². The van der Waals surface area contributed by atoms with E-state index in [0.29, 0.717) is 22.9 Å². The van der Waals surface area contributed by atoms with Gasteiger partial charge in [-0.1, -0.05) is 0 Å². The summed E-state index contributed by atoms with van der Waals surface area (Å²) in [4.78, 5) is 11.4. The van der Waals surface area contributed by atoms with Gasteiger partial charge in [-0.25, -0.2) is 0 Å². The van der Waals surface area contributed by atoms with E-state index in [1.54, 1.807) is 18.2 Å². The number of carbonyl (C=O) groups excluding carboxylic acids is 1. The minimum absolute atomic E-state index is 0.215. The Labute approximate surface area is 106 Å². The lowest BCUT2D eigenvalue weighted by molar-refractivity contribution is 0.100. The highest BCUT2D eigenvalue weighted by Gasteiger charge is 2.23. The van der Waals surface area contributed by atoms with Crippen molar-refractivity contribution in [3.8, 4) is 0 Å². The molecule has 5 heteroatoms. The second-order valence-corrected chi connectivity index (χ2v) is 4.73.